The molecular weight excluding hydrogens is 205 g/mol. The number of hydrogen-bond donors (Lipinski definition) is 1. The average Bonchev–Trinajstić information content (AvgIpc) is 2.63. The first-order valence-electron chi connectivity index (χ1n) is 5.12. The van der Waals surface area contributed by atoms with E-state index in [0.29, 0.717) is 11.5 Å². The zero-order valence-electron chi connectivity index (χ0n) is 9.58. The van der Waals surface area contributed by atoms with Crippen LogP contribution < -0.4 is 5.32 Å². The maximum Gasteiger partial charge on any atom is 0.207 e. The summed E-state index contributed by atoms with van der Waals surface area (Å²) in [6, 6.07) is 5.15. The zero-order valence-corrected chi connectivity index (χ0v) is 9.58. The predicted octanol–water partition coefficient (Wildman–Crippen LogP) is 2.67. The van der Waals surface area contributed by atoms with Crippen LogP contribution in [-0.2, 0) is 0 Å². The van der Waals surface area contributed by atoms with Crippen molar-refractivity contribution in [2.24, 2.45) is 0 Å². The number of benzene rings is 1. The van der Waals surface area contributed by atoms with E-state index in [0.717, 1.165) is 11.4 Å². The SMILES string of the molecule is CNc1nc(C)cn1-c1ccc(C)c(F)c1. The molecule has 4 heteroatoms. The van der Waals surface area contributed by atoms with Gasteiger partial charge in [-0.05, 0) is 31.5 Å². The number of halogens is 1. The van der Waals surface area contributed by atoms with Crippen LogP contribution in [0.1, 0.15) is 11.3 Å². The molecule has 84 valence electrons. The second kappa shape index (κ2) is 3.96. The van der Waals surface area contributed by atoms with Gasteiger partial charge in [0.2, 0.25) is 5.95 Å². The van der Waals surface area contributed by atoms with E-state index in [1.807, 2.05) is 23.8 Å². The fourth-order valence-corrected chi connectivity index (χ4v) is 1.60. The van der Waals surface area contributed by atoms with Gasteiger partial charge in [0.1, 0.15) is 5.82 Å². The lowest BCUT2D eigenvalue weighted by molar-refractivity contribution is 0.617. The molecule has 0 bridgehead atoms. The van der Waals surface area contributed by atoms with Crippen LogP contribution in [0.3, 0.4) is 0 Å². The molecule has 0 atom stereocenters. The van der Waals surface area contributed by atoms with Crippen LogP contribution in [0.4, 0.5) is 10.3 Å². The molecular formula is C12H14FN3. The summed E-state index contributed by atoms with van der Waals surface area (Å²) in [5.74, 6) is 0.506. The number of rotatable bonds is 2. The van der Waals surface area contributed by atoms with E-state index < -0.39 is 0 Å². The van der Waals surface area contributed by atoms with Crippen molar-refractivity contribution in [2.45, 2.75) is 13.8 Å². The van der Waals surface area contributed by atoms with Crippen molar-refractivity contribution in [1.29, 1.82) is 0 Å². The standard InChI is InChI=1S/C12H14FN3/c1-8-4-5-10(6-11(8)13)16-7-9(2)15-12(16)14-3/h4-7H,1-3H3,(H,14,15). The zero-order chi connectivity index (χ0) is 11.7. The molecule has 0 saturated carbocycles. The second-order valence-corrected chi connectivity index (χ2v) is 3.76. The second-order valence-electron chi connectivity index (χ2n) is 3.76. The summed E-state index contributed by atoms with van der Waals surface area (Å²) in [5.41, 5.74) is 2.31. The van der Waals surface area contributed by atoms with Gasteiger partial charge in [0.05, 0.1) is 11.4 Å². The molecule has 0 aliphatic heterocycles. The molecule has 0 saturated heterocycles. The van der Waals surface area contributed by atoms with E-state index in [4.69, 9.17) is 0 Å². The Kier molecular flexibility index (Phi) is 2.64. The molecule has 1 aromatic carbocycles. The van der Waals surface area contributed by atoms with Crippen LogP contribution in [0, 0.1) is 19.7 Å². The highest BCUT2D eigenvalue weighted by molar-refractivity contribution is 5.44. The maximum atomic E-state index is 13.5. The van der Waals surface area contributed by atoms with Crippen LogP contribution in [0.2, 0.25) is 0 Å². The number of hydrogen-bond acceptors (Lipinski definition) is 2. The maximum absolute atomic E-state index is 13.5. The normalized spacial score (nSPS) is 10.5. The van der Waals surface area contributed by atoms with E-state index in [1.54, 1.807) is 20.0 Å². The topological polar surface area (TPSA) is 29.9 Å². The molecule has 2 rings (SSSR count). The van der Waals surface area contributed by atoms with Crippen molar-refractivity contribution in [3.8, 4) is 5.69 Å². The Morgan fingerprint density at radius 3 is 2.69 bits per heavy atom. The van der Waals surface area contributed by atoms with E-state index in [1.165, 1.54) is 6.07 Å². The molecule has 0 unspecified atom stereocenters. The highest BCUT2D eigenvalue weighted by Crippen LogP contribution is 2.18. The van der Waals surface area contributed by atoms with Crippen molar-refractivity contribution < 1.29 is 4.39 Å². The number of anilines is 1. The highest BCUT2D eigenvalue weighted by Gasteiger charge is 2.07. The van der Waals surface area contributed by atoms with Gasteiger partial charge in [-0.25, -0.2) is 9.37 Å². The summed E-state index contributed by atoms with van der Waals surface area (Å²) in [4.78, 5) is 4.29. The fraction of sp³-hybridized carbons (Fsp3) is 0.250. The van der Waals surface area contributed by atoms with Crippen LogP contribution in [-0.4, -0.2) is 16.6 Å². The molecule has 0 radical (unpaired) electrons. The van der Waals surface area contributed by atoms with Gasteiger partial charge in [-0.15, -0.1) is 0 Å². The van der Waals surface area contributed by atoms with Crippen molar-refractivity contribution in [1.82, 2.24) is 9.55 Å². The third-order valence-corrected chi connectivity index (χ3v) is 2.48. The summed E-state index contributed by atoms with van der Waals surface area (Å²) in [6.45, 7) is 3.65. The van der Waals surface area contributed by atoms with Gasteiger partial charge >= 0.3 is 0 Å². The van der Waals surface area contributed by atoms with Crippen LogP contribution in [0.15, 0.2) is 24.4 Å². The Morgan fingerprint density at radius 1 is 1.31 bits per heavy atom. The monoisotopic (exact) mass is 219 g/mol. The molecule has 0 amide bonds. The van der Waals surface area contributed by atoms with Gasteiger partial charge in [-0.3, -0.25) is 4.57 Å². The summed E-state index contributed by atoms with van der Waals surface area (Å²) in [6.07, 6.45) is 1.87. The average molecular weight is 219 g/mol. The van der Waals surface area contributed by atoms with Gasteiger partial charge in [0.15, 0.2) is 0 Å². The van der Waals surface area contributed by atoms with Crippen molar-refractivity contribution >= 4 is 5.95 Å². The molecule has 2 aromatic rings. The first kappa shape index (κ1) is 10.7. The van der Waals surface area contributed by atoms with Gasteiger partial charge < -0.3 is 5.32 Å². The molecule has 1 aromatic heterocycles. The first-order chi connectivity index (χ1) is 7.61. The third kappa shape index (κ3) is 1.78. The van der Waals surface area contributed by atoms with Crippen LogP contribution in [0.5, 0.6) is 0 Å². The van der Waals surface area contributed by atoms with E-state index in [2.05, 4.69) is 10.3 Å². The lowest BCUT2D eigenvalue weighted by atomic mass is 10.2. The highest BCUT2D eigenvalue weighted by atomic mass is 19.1. The lowest BCUT2D eigenvalue weighted by Gasteiger charge is -2.07. The number of aromatic nitrogens is 2. The molecule has 0 aliphatic carbocycles. The minimum Gasteiger partial charge on any atom is -0.358 e. The molecule has 0 aliphatic rings. The summed E-state index contributed by atoms with van der Waals surface area (Å²) in [7, 11) is 1.79. The number of nitrogens with one attached hydrogen (secondary N) is 1. The van der Waals surface area contributed by atoms with Gasteiger partial charge in [0, 0.05) is 13.2 Å². The summed E-state index contributed by atoms with van der Waals surface area (Å²) < 4.78 is 15.3. The Hall–Kier alpha value is -1.84. The van der Waals surface area contributed by atoms with Crippen molar-refractivity contribution in [3.05, 3.63) is 41.5 Å². The molecule has 0 spiro atoms. The number of nitrogens with zero attached hydrogens (tertiary/aromatic N) is 2. The van der Waals surface area contributed by atoms with Gasteiger partial charge in [-0.2, -0.15) is 0 Å². The Balaban J connectivity index is 2.53. The molecule has 1 N–H and O–H groups in total. The third-order valence-electron chi connectivity index (χ3n) is 2.48. The fourth-order valence-electron chi connectivity index (χ4n) is 1.60. The van der Waals surface area contributed by atoms with E-state index >= 15 is 0 Å². The van der Waals surface area contributed by atoms with Gasteiger partial charge in [-0.1, -0.05) is 6.07 Å². The Bertz CT molecular complexity index is 517. The van der Waals surface area contributed by atoms with Gasteiger partial charge in [0.25, 0.3) is 0 Å². The minimum absolute atomic E-state index is 0.203. The Morgan fingerprint density at radius 2 is 2.06 bits per heavy atom. The minimum atomic E-state index is -0.203. The smallest absolute Gasteiger partial charge is 0.207 e. The number of imidazole rings is 1. The predicted molar refractivity (Wildman–Crippen MR) is 62.5 cm³/mol. The molecule has 3 nitrogen and oxygen atoms in total. The van der Waals surface area contributed by atoms with Crippen molar-refractivity contribution in [2.75, 3.05) is 12.4 Å². The summed E-state index contributed by atoms with van der Waals surface area (Å²) >= 11 is 0. The quantitative estimate of drug-likeness (QED) is 0.841. The molecule has 16 heavy (non-hydrogen) atoms. The largest absolute Gasteiger partial charge is 0.358 e. The lowest BCUT2D eigenvalue weighted by Crippen LogP contribution is -2.01. The summed E-state index contributed by atoms with van der Waals surface area (Å²) in [5, 5.41) is 2.98. The Labute approximate surface area is 93.9 Å². The molecule has 1 heterocycles. The van der Waals surface area contributed by atoms with E-state index in [9.17, 15) is 4.39 Å². The first-order valence-corrected chi connectivity index (χ1v) is 5.12. The van der Waals surface area contributed by atoms with Crippen molar-refractivity contribution in [3.63, 3.8) is 0 Å². The number of aryl methyl sites for hydroxylation is 2. The van der Waals surface area contributed by atoms with Crippen LogP contribution >= 0.6 is 0 Å². The molecule has 0 fully saturated rings. The van der Waals surface area contributed by atoms with E-state index in [-0.39, 0.29) is 5.82 Å². The van der Waals surface area contributed by atoms with Crippen LogP contribution in [0.25, 0.3) is 5.69 Å².